The van der Waals surface area contributed by atoms with Crippen LogP contribution in [0.25, 0.3) is 5.70 Å². The Labute approximate surface area is 157 Å². The zero-order valence-electron chi connectivity index (χ0n) is 15.4. The van der Waals surface area contributed by atoms with Gasteiger partial charge in [0, 0.05) is 43.7 Å². The summed E-state index contributed by atoms with van der Waals surface area (Å²) < 4.78 is 1.92. The van der Waals surface area contributed by atoms with Crippen LogP contribution in [0, 0.1) is 11.3 Å². The second kappa shape index (κ2) is 6.32. The number of likely N-dealkylation sites (tertiary alicyclic amines) is 1. The van der Waals surface area contributed by atoms with Gasteiger partial charge in [-0.05, 0) is 38.0 Å². The molecule has 1 saturated heterocycles. The minimum absolute atomic E-state index is 0.164. The molecular formula is C20H21N5O2. The van der Waals surface area contributed by atoms with Crippen LogP contribution in [-0.2, 0) is 16.8 Å². The van der Waals surface area contributed by atoms with Crippen LogP contribution in [-0.4, -0.2) is 43.6 Å². The van der Waals surface area contributed by atoms with Crippen LogP contribution in [0.2, 0.25) is 0 Å². The van der Waals surface area contributed by atoms with Crippen LogP contribution in [0.1, 0.15) is 43.1 Å². The molecule has 2 aliphatic rings. The van der Waals surface area contributed by atoms with Gasteiger partial charge < -0.3 is 10.0 Å². The predicted octanol–water partition coefficient (Wildman–Crippen LogP) is 1.81. The molecule has 0 bridgehead atoms. The fourth-order valence-electron chi connectivity index (χ4n) is 3.81. The van der Waals surface area contributed by atoms with Crippen molar-refractivity contribution in [2.75, 3.05) is 13.1 Å². The molecule has 1 aliphatic carbocycles. The van der Waals surface area contributed by atoms with Gasteiger partial charge in [0.25, 0.3) is 0 Å². The van der Waals surface area contributed by atoms with E-state index in [1.165, 1.54) is 0 Å². The van der Waals surface area contributed by atoms with Gasteiger partial charge in [0.1, 0.15) is 17.2 Å². The summed E-state index contributed by atoms with van der Waals surface area (Å²) in [5, 5.41) is 24.3. The van der Waals surface area contributed by atoms with E-state index in [9.17, 15) is 15.2 Å². The zero-order valence-corrected chi connectivity index (χ0v) is 15.4. The highest BCUT2D eigenvalue weighted by molar-refractivity contribution is 6.09. The Morgan fingerprint density at radius 1 is 1.41 bits per heavy atom. The number of hydrogen-bond acceptors (Lipinski definition) is 6. The maximum Gasteiger partial charge on any atom is 0.179 e. The van der Waals surface area contributed by atoms with Crippen LogP contribution in [0.15, 0.2) is 36.3 Å². The van der Waals surface area contributed by atoms with Crippen molar-refractivity contribution in [2.45, 2.75) is 38.3 Å². The summed E-state index contributed by atoms with van der Waals surface area (Å²) in [5.74, 6) is -0.180. The fourth-order valence-corrected chi connectivity index (χ4v) is 3.81. The lowest BCUT2D eigenvalue weighted by Gasteiger charge is -2.29. The maximum atomic E-state index is 12.5. The number of aliphatic hydroxyl groups is 1. The van der Waals surface area contributed by atoms with E-state index in [4.69, 9.17) is 0 Å². The van der Waals surface area contributed by atoms with Crippen molar-refractivity contribution in [3.63, 3.8) is 0 Å². The first-order valence-electron chi connectivity index (χ1n) is 9.02. The van der Waals surface area contributed by atoms with Gasteiger partial charge in [-0.2, -0.15) is 10.4 Å². The molecule has 2 aromatic heterocycles. The molecule has 7 heteroatoms. The number of nitriles is 1. The largest absolute Gasteiger partial charge is 0.384 e. The summed E-state index contributed by atoms with van der Waals surface area (Å²) in [6, 6.07) is 6.02. The molecule has 7 nitrogen and oxygen atoms in total. The Bertz CT molecular complexity index is 963. The first-order chi connectivity index (χ1) is 12.9. The summed E-state index contributed by atoms with van der Waals surface area (Å²) in [5.41, 5.74) is 1.89. The lowest BCUT2D eigenvalue weighted by molar-refractivity contribution is -0.114. The van der Waals surface area contributed by atoms with Gasteiger partial charge in [-0.3, -0.25) is 14.5 Å². The molecule has 0 spiro atoms. The lowest BCUT2D eigenvalue weighted by Crippen LogP contribution is -2.28. The van der Waals surface area contributed by atoms with Crippen LogP contribution < -0.4 is 0 Å². The molecule has 1 aliphatic heterocycles. The van der Waals surface area contributed by atoms with Crippen LogP contribution in [0.5, 0.6) is 0 Å². The van der Waals surface area contributed by atoms with Crippen molar-refractivity contribution < 1.29 is 9.90 Å². The standard InChI is InChI=1S/C20H21N5O2/c1-20(2,27)18-9-15-13(11-22-18)8-17(26)16(10-21)19(15)24-7-4-14(12-24)25-6-3-5-23-25/h3,5-6,9,11,14,27H,4,7-8,12H2,1-2H3/t14-/m1/s1. The van der Waals surface area contributed by atoms with E-state index >= 15 is 0 Å². The van der Waals surface area contributed by atoms with E-state index < -0.39 is 5.60 Å². The summed E-state index contributed by atoms with van der Waals surface area (Å²) in [6.45, 7) is 4.76. The van der Waals surface area contributed by atoms with Crippen molar-refractivity contribution in [3.05, 3.63) is 53.1 Å². The SMILES string of the molecule is CC(C)(O)c1cc2c(cn1)CC(=O)C(C#N)=C2N1CC[C@@H](n2cccn2)C1. The Kier molecular flexibility index (Phi) is 4.08. The predicted molar refractivity (Wildman–Crippen MR) is 98.2 cm³/mol. The molecule has 0 radical (unpaired) electrons. The third-order valence-electron chi connectivity index (χ3n) is 5.23. The monoisotopic (exact) mass is 363 g/mol. The number of aromatic nitrogens is 3. The molecular weight excluding hydrogens is 342 g/mol. The molecule has 27 heavy (non-hydrogen) atoms. The third kappa shape index (κ3) is 3.02. The van der Waals surface area contributed by atoms with Crippen molar-refractivity contribution >= 4 is 11.5 Å². The molecule has 0 saturated carbocycles. The average Bonchev–Trinajstić information content (AvgIpc) is 3.30. The molecule has 0 unspecified atom stereocenters. The minimum Gasteiger partial charge on any atom is -0.384 e. The van der Waals surface area contributed by atoms with Gasteiger partial charge in [-0.25, -0.2) is 0 Å². The van der Waals surface area contributed by atoms with Crippen molar-refractivity contribution in [2.24, 2.45) is 0 Å². The van der Waals surface area contributed by atoms with Gasteiger partial charge in [-0.15, -0.1) is 0 Å². The molecule has 138 valence electrons. The molecule has 1 fully saturated rings. The molecule has 0 aromatic carbocycles. The van der Waals surface area contributed by atoms with Gasteiger partial charge in [0.05, 0.1) is 17.4 Å². The Hall–Kier alpha value is -2.98. The second-order valence-corrected chi connectivity index (χ2v) is 7.60. The Morgan fingerprint density at radius 3 is 2.89 bits per heavy atom. The van der Waals surface area contributed by atoms with Crippen LogP contribution in [0.4, 0.5) is 0 Å². The summed E-state index contributed by atoms with van der Waals surface area (Å²) >= 11 is 0. The van der Waals surface area contributed by atoms with E-state index in [1.807, 2.05) is 23.0 Å². The van der Waals surface area contributed by atoms with E-state index in [0.29, 0.717) is 17.9 Å². The fraction of sp³-hybridized carbons (Fsp3) is 0.400. The average molecular weight is 363 g/mol. The second-order valence-electron chi connectivity index (χ2n) is 7.60. The summed E-state index contributed by atoms with van der Waals surface area (Å²) in [4.78, 5) is 19.0. The van der Waals surface area contributed by atoms with E-state index in [1.54, 1.807) is 26.2 Å². The lowest BCUT2D eigenvalue weighted by atomic mass is 9.87. The summed E-state index contributed by atoms with van der Waals surface area (Å²) in [7, 11) is 0. The molecule has 0 amide bonds. The minimum atomic E-state index is -1.10. The quantitative estimate of drug-likeness (QED) is 0.894. The van der Waals surface area contributed by atoms with Gasteiger partial charge in [-0.1, -0.05) is 0 Å². The topological polar surface area (TPSA) is 95.0 Å². The third-order valence-corrected chi connectivity index (χ3v) is 5.23. The van der Waals surface area contributed by atoms with Gasteiger partial charge >= 0.3 is 0 Å². The van der Waals surface area contributed by atoms with Crippen LogP contribution in [0.3, 0.4) is 0 Å². The van der Waals surface area contributed by atoms with Crippen molar-refractivity contribution in [1.29, 1.82) is 5.26 Å². The normalized spacial score (nSPS) is 20.0. The number of Topliss-reactive ketones (excluding diaryl/α,β-unsaturated/α-hetero) is 1. The summed E-state index contributed by atoms with van der Waals surface area (Å²) in [6.07, 6.45) is 6.39. The molecule has 4 rings (SSSR count). The maximum absolute atomic E-state index is 12.5. The Morgan fingerprint density at radius 2 is 2.22 bits per heavy atom. The van der Waals surface area contributed by atoms with E-state index in [2.05, 4.69) is 21.1 Å². The highest BCUT2D eigenvalue weighted by Crippen LogP contribution is 2.37. The zero-order chi connectivity index (χ0) is 19.2. The number of fused-ring (bicyclic) bond motifs is 1. The van der Waals surface area contributed by atoms with Crippen molar-refractivity contribution in [3.8, 4) is 6.07 Å². The highest BCUT2D eigenvalue weighted by atomic mass is 16.3. The molecule has 2 aromatic rings. The number of hydrogen-bond donors (Lipinski definition) is 1. The van der Waals surface area contributed by atoms with Gasteiger partial charge in [0.15, 0.2) is 5.78 Å². The number of allylic oxidation sites excluding steroid dienone is 1. The van der Waals surface area contributed by atoms with Gasteiger partial charge in [0.2, 0.25) is 0 Å². The first-order valence-corrected chi connectivity index (χ1v) is 9.02. The number of carbonyl (C=O) groups excluding carboxylic acids is 1. The number of carbonyl (C=O) groups is 1. The Balaban J connectivity index is 1.78. The highest BCUT2D eigenvalue weighted by Gasteiger charge is 2.34. The smallest absolute Gasteiger partial charge is 0.179 e. The van der Waals surface area contributed by atoms with Crippen LogP contribution >= 0.6 is 0 Å². The number of rotatable bonds is 3. The molecule has 1 atom stereocenters. The van der Waals surface area contributed by atoms with E-state index in [-0.39, 0.29) is 23.8 Å². The van der Waals surface area contributed by atoms with E-state index in [0.717, 1.165) is 24.1 Å². The first kappa shape index (κ1) is 17.4. The molecule has 1 N–H and O–H groups in total. The number of pyridine rings is 1. The van der Waals surface area contributed by atoms with Crippen molar-refractivity contribution in [1.82, 2.24) is 19.7 Å². The number of ketones is 1. The molecule has 3 heterocycles. The number of nitrogens with zero attached hydrogens (tertiary/aromatic N) is 5.